The summed E-state index contributed by atoms with van der Waals surface area (Å²) in [4.78, 5) is 26.2. The molecule has 0 aromatic heterocycles. The molecule has 1 saturated carbocycles. The van der Waals surface area contributed by atoms with Crippen LogP contribution in [-0.4, -0.2) is 18.4 Å². The highest BCUT2D eigenvalue weighted by Gasteiger charge is 2.53. The molecular weight excluding hydrogens is 336 g/mol. The molecule has 0 saturated heterocycles. The van der Waals surface area contributed by atoms with Gasteiger partial charge in [-0.3, -0.25) is 9.59 Å². The van der Waals surface area contributed by atoms with Gasteiger partial charge in [0.1, 0.15) is 5.41 Å². The van der Waals surface area contributed by atoms with Gasteiger partial charge >= 0.3 is 5.97 Å². The molecule has 3 rings (SSSR count). The van der Waals surface area contributed by atoms with Gasteiger partial charge in [-0.1, -0.05) is 79.2 Å². The largest absolute Gasteiger partial charge is 0.465 e. The average molecular weight is 362 g/mol. The molecule has 1 aliphatic rings. The molecule has 3 heteroatoms. The highest BCUT2D eigenvalue weighted by atomic mass is 16.5. The van der Waals surface area contributed by atoms with Crippen LogP contribution < -0.4 is 0 Å². The summed E-state index contributed by atoms with van der Waals surface area (Å²) >= 11 is 0. The zero-order valence-electron chi connectivity index (χ0n) is 15.8. The Kier molecular flexibility index (Phi) is 6.23. The third-order valence-corrected chi connectivity index (χ3v) is 5.33. The number of allylic oxidation sites excluding steroid dienone is 1. The minimum atomic E-state index is -1.14. The van der Waals surface area contributed by atoms with E-state index in [4.69, 9.17) is 4.74 Å². The van der Waals surface area contributed by atoms with Crippen LogP contribution in [0, 0.1) is 5.41 Å². The number of esters is 1. The molecule has 2 atom stereocenters. The van der Waals surface area contributed by atoms with Crippen LogP contribution in [0.5, 0.6) is 0 Å². The lowest BCUT2D eigenvalue weighted by atomic mass is 9.62. The average Bonchev–Trinajstić information content (AvgIpc) is 2.71. The predicted molar refractivity (Wildman–Crippen MR) is 107 cm³/mol. The Morgan fingerprint density at radius 1 is 1.07 bits per heavy atom. The Labute approximate surface area is 161 Å². The third kappa shape index (κ3) is 4.02. The summed E-state index contributed by atoms with van der Waals surface area (Å²) in [7, 11) is 0. The fourth-order valence-electron chi connectivity index (χ4n) is 3.98. The van der Waals surface area contributed by atoms with Gasteiger partial charge in [-0.15, -0.1) is 0 Å². The van der Waals surface area contributed by atoms with Crippen LogP contribution in [0.15, 0.2) is 66.7 Å². The topological polar surface area (TPSA) is 43.4 Å². The number of carbonyl (C=O) groups excluding carboxylic acids is 2. The lowest BCUT2D eigenvalue weighted by molar-refractivity contribution is -0.163. The SMILES string of the molecule is CCOC(=O)C1(C(/C=C/c2ccccc2)c2ccccc2)CCCCC1=O. The van der Waals surface area contributed by atoms with Gasteiger partial charge < -0.3 is 4.74 Å². The monoisotopic (exact) mass is 362 g/mol. The molecule has 0 spiro atoms. The molecule has 1 aliphatic carbocycles. The summed E-state index contributed by atoms with van der Waals surface area (Å²) in [5.41, 5.74) is 0.870. The molecule has 2 unspecified atom stereocenters. The van der Waals surface area contributed by atoms with Crippen molar-refractivity contribution in [1.29, 1.82) is 0 Å². The van der Waals surface area contributed by atoms with E-state index in [1.165, 1.54) is 0 Å². The maximum atomic E-state index is 13.1. The number of ether oxygens (including phenoxy) is 1. The number of ketones is 1. The highest BCUT2D eigenvalue weighted by molar-refractivity contribution is 6.05. The van der Waals surface area contributed by atoms with Crippen LogP contribution in [0.1, 0.15) is 49.7 Å². The van der Waals surface area contributed by atoms with Crippen LogP contribution in [0.3, 0.4) is 0 Å². The first-order chi connectivity index (χ1) is 13.2. The number of rotatable bonds is 6. The van der Waals surface area contributed by atoms with Gasteiger partial charge in [0, 0.05) is 12.3 Å². The fourth-order valence-corrected chi connectivity index (χ4v) is 3.98. The Balaban J connectivity index is 2.09. The number of Topliss-reactive ketones (excluding diaryl/α,β-unsaturated/α-hetero) is 1. The van der Waals surface area contributed by atoms with Crippen molar-refractivity contribution in [2.24, 2.45) is 5.41 Å². The number of benzene rings is 2. The Morgan fingerprint density at radius 3 is 2.37 bits per heavy atom. The van der Waals surface area contributed by atoms with Crippen molar-refractivity contribution in [2.45, 2.75) is 38.5 Å². The molecule has 0 N–H and O–H groups in total. The molecular formula is C24H26O3. The van der Waals surface area contributed by atoms with Gasteiger partial charge in [0.05, 0.1) is 6.61 Å². The zero-order valence-corrected chi connectivity index (χ0v) is 15.8. The number of hydrogen-bond donors (Lipinski definition) is 0. The highest BCUT2D eigenvalue weighted by Crippen LogP contribution is 2.47. The lowest BCUT2D eigenvalue weighted by Gasteiger charge is -2.39. The second-order valence-corrected chi connectivity index (χ2v) is 6.98. The molecule has 0 aliphatic heterocycles. The molecule has 2 aromatic rings. The second-order valence-electron chi connectivity index (χ2n) is 6.98. The van der Waals surface area contributed by atoms with Crippen molar-refractivity contribution in [1.82, 2.24) is 0 Å². The van der Waals surface area contributed by atoms with Gasteiger partial charge in [-0.05, 0) is 30.9 Å². The molecule has 0 amide bonds. The molecule has 0 radical (unpaired) electrons. The molecule has 27 heavy (non-hydrogen) atoms. The summed E-state index contributed by atoms with van der Waals surface area (Å²) in [5, 5.41) is 0. The van der Waals surface area contributed by atoms with E-state index >= 15 is 0 Å². The van der Waals surface area contributed by atoms with E-state index in [-0.39, 0.29) is 24.3 Å². The smallest absolute Gasteiger partial charge is 0.320 e. The number of hydrogen-bond acceptors (Lipinski definition) is 3. The second kappa shape index (κ2) is 8.81. The van der Waals surface area contributed by atoms with Gasteiger partial charge in [0.2, 0.25) is 0 Å². The van der Waals surface area contributed by atoms with Crippen molar-refractivity contribution < 1.29 is 14.3 Å². The van der Waals surface area contributed by atoms with Crippen LogP contribution in [-0.2, 0) is 14.3 Å². The van der Waals surface area contributed by atoms with Crippen LogP contribution >= 0.6 is 0 Å². The number of carbonyl (C=O) groups is 2. The maximum absolute atomic E-state index is 13.1. The molecule has 140 valence electrons. The first kappa shape index (κ1) is 19.1. The van der Waals surface area contributed by atoms with E-state index < -0.39 is 5.41 Å². The van der Waals surface area contributed by atoms with Crippen molar-refractivity contribution in [2.75, 3.05) is 6.61 Å². The van der Waals surface area contributed by atoms with Gasteiger partial charge in [-0.2, -0.15) is 0 Å². The Hall–Kier alpha value is -2.68. The van der Waals surface area contributed by atoms with E-state index in [9.17, 15) is 9.59 Å². The van der Waals surface area contributed by atoms with Gasteiger partial charge in [0.25, 0.3) is 0 Å². The predicted octanol–water partition coefficient (Wildman–Crippen LogP) is 5.18. The minimum absolute atomic E-state index is 0.00114. The molecule has 0 bridgehead atoms. The summed E-state index contributed by atoms with van der Waals surface area (Å²) < 4.78 is 5.42. The quantitative estimate of drug-likeness (QED) is 0.525. The Bertz CT molecular complexity index is 795. The summed E-state index contributed by atoms with van der Waals surface area (Å²) in [5.74, 6) is -0.731. The van der Waals surface area contributed by atoms with Gasteiger partial charge in [-0.25, -0.2) is 0 Å². The van der Waals surface area contributed by atoms with Crippen molar-refractivity contribution in [3.8, 4) is 0 Å². The molecule has 1 fully saturated rings. The normalized spacial score (nSPS) is 21.1. The fraction of sp³-hybridized carbons (Fsp3) is 0.333. The first-order valence-electron chi connectivity index (χ1n) is 9.67. The zero-order chi connectivity index (χ0) is 19.1. The van der Waals surface area contributed by atoms with E-state index in [1.54, 1.807) is 6.92 Å². The Morgan fingerprint density at radius 2 is 1.74 bits per heavy atom. The van der Waals surface area contributed by atoms with E-state index in [0.29, 0.717) is 12.8 Å². The molecule has 2 aromatic carbocycles. The van der Waals surface area contributed by atoms with Crippen molar-refractivity contribution >= 4 is 17.8 Å². The lowest BCUT2D eigenvalue weighted by Crippen LogP contribution is -2.47. The van der Waals surface area contributed by atoms with Crippen LogP contribution in [0.2, 0.25) is 0 Å². The minimum Gasteiger partial charge on any atom is -0.465 e. The van der Waals surface area contributed by atoms with Crippen molar-refractivity contribution in [3.63, 3.8) is 0 Å². The van der Waals surface area contributed by atoms with Crippen LogP contribution in [0.25, 0.3) is 6.08 Å². The summed E-state index contributed by atoms with van der Waals surface area (Å²) in [6.45, 7) is 2.06. The first-order valence-corrected chi connectivity index (χ1v) is 9.67. The van der Waals surface area contributed by atoms with E-state index in [1.807, 2.05) is 72.8 Å². The summed E-state index contributed by atoms with van der Waals surface area (Å²) in [6, 6.07) is 19.8. The third-order valence-electron chi connectivity index (χ3n) is 5.33. The molecule has 0 heterocycles. The van der Waals surface area contributed by atoms with Crippen LogP contribution in [0.4, 0.5) is 0 Å². The van der Waals surface area contributed by atoms with Gasteiger partial charge in [0.15, 0.2) is 5.78 Å². The summed E-state index contributed by atoms with van der Waals surface area (Å²) in [6.07, 6.45) is 6.66. The molecule has 3 nitrogen and oxygen atoms in total. The maximum Gasteiger partial charge on any atom is 0.320 e. The van der Waals surface area contributed by atoms with E-state index in [2.05, 4.69) is 0 Å². The van der Waals surface area contributed by atoms with Crippen molar-refractivity contribution in [3.05, 3.63) is 77.9 Å². The standard InChI is InChI=1S/C24H26O3/c1-2-27-23(26)24(18-10-9-15-22(24)25)21(20-13-7-4-8-14-20)17-16-19-11-5-3-6-12-19/h3-8,11-14,16-17,21H,2,9-10,15,18H2,1H3/b17-16+. The van der Waals surface area contributed by atoms with E-state index in [0.717, 1.165) is 24.0 Å².